The summed E-state index contributed by atoms with van der Waals surface area (Å²) in [6.45, 7) is 2.63. The summed E-state index contributed by atoms with van der Waals surface area (Å²) in [6.07, 6.45) is -4.01. The maximum atomic E-state index is 12.2. The van der Waals surface area contributed by atoms with Gasteiger partial charge in [-0.25, -0.2) is 0 Å². The number of rotatable bonds is 6. The Labute approximate surface area is 104 Å². The van der Waals surface area contributed by atoms with Crippen LogP contribution in [0, 0.1) is 0 Å². The van der Waals surface area contributed by atoms with Crippen molar-refractivity contribution >= 4 is 0 Å². The SMILES string of the molecule is CCCCCOc1ccc(C(O)C(F)(F)F)cc1. The van der Waals surface area contributed by atoms with Gasteiger partial charge in [0.15, 0.2) is 6.10 Å². The van der Waals surface area contributed by atoms with Crippen molar-refractivity contribution in [1.82, 2.24) is 0 Å². The Bertz CT molecular complexity index is 346. The number of benzene rings is 1. The number of unbranched alkanes of at least 4 members (excludes halogenated alkanes) is 2. The van der Waals surface area contributed by atoms with Crippen molar-refractivity contribution in [2.45, 2.75) is 38.5 Å². The van der Waals surface area contributed by atoms with Crippen LogP contribution in [0.5, 0.6) is 5.75 Å². The number of hydrogen-bond acceptors (Lipinski definition) is 2. The van der Waals surface area contributed by atoms with Gasteiger partial charge < -0.3 is 9.84 Å². The van der Waals surface area contributed by atoms with Gasteiger partial charge in [0.2, 0.25) is 0 Å². The van der Waals surface area contributed by atoms with E-state index in [1.165, 1.54) is 24.3 Å². The molecular formula is C13H17F3O2. The van der Waals surface area contributed by atoms with Crippen LogP contribution in [0.15, 0.2) is 24.3 Å². The monoisotopic (exact) mass is 262 g/mol. The van der Waals surface area contributed by atoms with Crippen LogP contribution >= 0.6 is 0 Å². The average Bonchev–Trinajstić information content (AvgIpc) is 2.33. The van der Waals surface area contributed by atoms with Crippen LogP contribution in [-0.2, 0) is 0 Å². The van der Waals surface area contributed by atoms with E-state index < -0.39 is 12.3 Å². The Morgan fingerprint density at radius 1 is 1.17 bits per heavy atom. The molecule has 5 heteroatoms. The smallest absolute Gasteiger partial charge is 0.418 e. The zero-order valence-electron chi connectivity index (χ0n) is 10.2. The molecule has 0 saturated carbocycles. The lowest BCUT2D eigenvalue weighted by Gasteiger charge is -2.15. The lowest BCUT2D eigenvalue weighted by Crippen LogP contribution is -2.20. The lowest BCUT2D eigenvalue weighted by atomic mass is 10.1. The van der Waals surface area contributed by atoms with Gasteiger partial charge in [-0.05, 0) is 24.1 Å². The molecule has 1 N–H and O–H groups in total. The third-order valence-corrected chi connectivity index (χ3v) is 2.52. The largest absolute Gasteiger partial charge is 0.494 e. The molecule has 0 bridgehead atoms. The fraction of sp³-hybridized carbons (Fsp3) is 0.538. The van der Waals surface area contributed by atoms with Gasteiger partial charge in [-0.2, -0.15) is 13.2 Å². The van der Waals surface area contributed by atoms with Crippen LogP contribution < -0.4 is 4.74 Å². The number of ether oxygens (including phenoxy) is 1. The first-order chi connectivity index (χ1) is 8.45. The summed E-state index contributed by atoms with van der Waals surface area (Å²) in [7, 11) is 0. The van der Waals surface area contributed by atoms with E-state index in [-0.39, 0.29) is 5.56 Å². The highest BCUT2D eigenvalue weighted by Crippen LogP contribution is 2.32. The Kier molecular flexibility index (Phi) is 5.47. The van der Waals surface area contributed by atoms with E-state index in [0.717, 1.165) is 19.3 Å². The van der Waals surface area contributed by atoms with Gasteiger partial charge in [0.25, 0.3) is 0 Å². The van der Waals surface area contributed by atoms with Crippen molar-refractivity contribution < 1.29 is 23.0 Å². The Morgan fingerprint density at radius 3 is 2.28 bits per heavy atom. The molecule has 18 heavy (non-hydrogen) atoms. The number of aliphatic hydroxyl groups is 1. The molecule has 1 atom stereocenters. The molecule has 1 aromatic carbocycles. The van der Waals surface area contributed by atoms with Gasteiger partial charge in [0, 0.05) is 0 Å². The highest BCUT2D eigenvalue weighted by Gasteiger charge is 2.39. The van der Waals surface area contributed by atoms with Crippen molar-refractivity contribution in [1.29, 1.82) is 0 Å². The van der Waals surface area contributed by atoms with Crippen molar-refractivity contribution in [3.05, 3.63) is 29.8 Å². The van der Waals surface area contributed by atoms with E-state index in [4.69, 9.17) is 9.84 Å². The van der Waals surface area contributed by atoms with Crippen molar-refractivity contribution in [2.24, 2.45) is 0 Å². The van der Waals surface area contributed by atoms with E-state index in [9.17, 15) is 13.2 Å². The molecule has 0 aliphatic rings. The van der Waals surface area contributed by atoms with Crippen LogP contribution in [-0.4, -0.2) is 17.9 Å². The van der Waals surface area contributed by atoms with E-state index in [1.54, 1.807) is 0 Å². The van der Waals surface area contributed by atoms with E-state index >= 15 is 0 Å². The molecule has 1 rings (SSSR count). The zero-order valence-corrected chi connectivity index (χ0v) is 10.2. The van der Waals surface area contributed by atoms with Crippen LogP contribution in [0.3, 0.4) is 0 Å². The van der Waals surface area contributed by atoms with E-state index in [2.05, 4.69) is 6.92 Å². The first-order valence-corrected chi connectivity index (χ1v) is 5.92. The molecule has 2 nitrogen and oxygen atoms in total. The average molecular weight is 262 g/mol. The van der Waals surface area contributed by atoms with Crippen molar-refractivity contribution in [2.75, 3.05) is 6.61 Å². The minimum atomic E-state index is -4.64. The minimum absolute atomic E-state index is 0.177. The molecule has 0 aliphatic carbocycles. The highest BCUT2D eigenvalue weighted by molar-refractivity contribution is 5.29. The summed E-state index contributed by atoms with van der Waals surface area (Å²) >= 11 is 0. The molecule has 0 spiro atoms. The molecule has 1 unspecified atom stereocenters. The molecule has 0 heterocycles. The van der Waals surface area contributed by atoms with Gasteiger partial charge in [-0.1, -0.05) is 31.9 Å². The third kappa shape index (κ3) is 4.56. The van der Waals surface area contributed by atoms with Gasteiger partial charge in [0.1, 0.15) is 5.75 Å². The summed E-state index contributed by atoms with van der Waals surface area (Å²) in [5.41, 5.74) is -0.177. The molecule has 0 aromatic heterocycles. The highest BCUT2D eigenvalue weighted by atomic mass is 19.4. The molecule has 0 amide bonds. The van der Waals surface area contributed by atoms with E-state index in [1.807, 2.05) is 0 Å². The Hall–Kier alpha value is -1.23. The maximum absolute atomic E-state index is 12.2. The first-order valence-electron chi connectivity index (χ1n) is 5.92. The van der Waals surface area contributed by atoms with E-state index in [0.29, 0.717) is 12.4 Å². The number of alkyl halides is 3. The predicted octanol–water partition coefficient (Wildman–Crippen LogP) is 3.85. The zero-order chi connectivity index (χ0) is 13.6. The Balaban J connectivity index is 2.52. The molecule has 0 fully saturated rings. The first kappa shape index (κ1) is 14.8. The molecule has 1 aromatic rings. The maximum Gasteiger partial charge on any atom is 0.418 e. The second-order valence-electron chi connectivity index (χ2n) is 4.07. The summed E-state index contributed by atoms with van der Waals surface area (Å²) in [5.74, 6) is 0.518. The van der Waals surface area contributed by atoms with Crippen molar-refractivity contribution in [3.8, 4) is 5.75 Å². The second-order valence-corrected chi connectivity index (χ2v) is 4.07. The van der Waals surface area contributed by atoms with Crippen LogP contribution in [0.25, 0.3) is 0 Å². The fourth-order valence-corrected chi connectivity index (χ4v) is 1.48. The Morgan fingerprint density at radius 2 is 1.78 bits per heavy atom. The topological polar surface area (TPSA) is 29.5 Å². The normalized spacial score (nSPS) is 13.4. The fourth-order valence-electron chi connectivity index (χ4n) is 1.48. The second kappa shape index (κ2) is 6.64. The molecule has 102 valence electrons. The standard InChI is InChI=1S/C13H17F3O2/c1-2-3-4-9-18-11-7-5-10(6-8-11)12(17)13(14,15)16/h5-8,12,17H,2-4,9H2,1H3. The summed E-state index contributed by atoms with van der Waals surface area (Å²) in [4.78, 5) is 0. The summed E-state index contributed by atoms with van der Waals surface area (Å²) in [5, 5.41) is 9.03. The van der Waals surface area contributed by atoms with Crippen LogP contribution in [0.4, 0.5) is 13.2 Å². The number of aliphatic hydroxyl groups excluding tert-OH is 1. The number of halogens is 3. The van der Waals surface area contributed by atoms with Gasteiger partial charge in [-0.15, -0.1) is 0 Å². The van der Waals surface area contributed by atoms with Crippen LogP contribution in [0.1, 0.15) is 37.9 Å². The lowest BCUT2D eigenvalue weighted by molar-refractivity contribution is -0.206. The van der Waals surface area contributed by atoms with Gasteiger partial charge >= 0.3 is 6.18 Å². The van der Waals surface area contributed by atoms with Crippen molar-refractivity contribution in [3.63, 3.8) is 0 Å². The minimum Gasteiger partial charge on any atom is -0.494 e. The van der Waals surface area contributed by atoms with Gasteiger partial charge in [0.05, 0.1) is 6.61 Å². The quantitative estimate of drug-likeness (QED) is 0.789. The van der Waals surface area contributed by atoms with Crippen LogP contribution in [0.2, 0.25) is 0 Å². The predicted molar refractivity (Wildman–Crippen MR) is 62.5 cm³/mol. The molecule has 0 radical (unpaired) electrons. The third-order valence-electron chi connectivity index (χ3n) is 2.52. The number of hydrogen-bond donors (Lipinski definition) is 1. The summed E-state index contributed by atoms with van der Waals surface area (Å²) < 4.78 is 42.1. The van der Waals surface area contributed by atoms with Gasteiger partial charge in [-0.3, -0.25) is 0 Å². The molecule has 0 aliphatic heterocycles. The molecule has 0 saturated heterocycles. The molecular weight excluding hydrogens is 245 g/mol. The summed E-state index contributed by atoms with van der Waals surface area (Å²) in [6, 6.07) is 5.34.